The molecule has 4 nitrogen and oxygen atoms in total. The van der Waals surface area contributed by atoms with Crippen molar-refractivity contribution in [2.45, 2.75) is 19.4 Å². The molecular weight excluding hydrogens is 225 g/mol. The van der Waals surface area contributed by atoms with Gasteiger partial charge >= 0.3 is 0 Å². The summed E-state index contributed by atoms with van der Waals surface area (Å²) < 4.78 is 0. The molecule has 1 aliphatic heterocycles. The number of carbonyl (C=O) groups excluding carboxylic acids is 1. The van der Waals surface area contributed by atoms with Crippen LogP contribution in [-0.4, -0.2) is 31.7 Å². The largest absolute Gasteiger partial charge is 0.346 e. The Hall–Kier alpha value is -1.78. The highest BCUT2D eigenvalue weighted by atomic mass is 16.2. The van der Waals surface area contributed by atoms with Crippen LogP contribution >= 0.6 is 0 Å². The number of amides is 1. The number of nitrogens with one attached hydrogen (secondary N) is 2. The van der Waals surface area contributed by atoms with Gasteiger partial charge in [-0.1, -0.05) is 36.7 Å². The minimum absolute atomic E-state index is 0.0252. The van der Waals surface area contributed by atoms with Crippen LogP contribution in [0.2, 0.25) is 0 Å². The number of guanidine groups is 1. The van der Waals surface area contributed by atoms with Crippen LogP contribution < -0.4 is 10.8 Å². The molecule has 0 aliphatic carbocycles. The van der Waals surface area contributed by atoms with E-state index in [9.17, 15) is 4.79 Å². The van der Waals surface area contributed by atoms with Crippen molar-refractivity contribution in [2.75, 3.05) is 7.05 Å². The van der Waals surface area contributed by atoms with E-state index in [2.05, 4.69) is 11.4 Å². The fourth-order valence-corrected chi connectivity index (χ4v) is 2.38. The third-order valence-electron chi connectivity index (χ3n) is 3.90. The first-order valence-corrected chi connectivity index (χ1v) is 6.07. The molecule has 2 N–H and O–H groups in total. The molecule has 2 atom stereocenters. The lowest BCUT2D eigenvalue weighted by Crippen LogP contribution is -2.63. The third-order valence-corrected chi connectivity index (χ3v) is 3.90. The minimum atomic E-state index is -0.521. The molecule has 0 radical (unpaired) electrons. The molecular formula is C13H18BN3O. The fourth-order valence-electron chi connectivity index (χ4n) is 2.38. The van der Waals surface area contributed by atoms with Gasteiger partial charge in [0.05, 0.1) is 11.5 Å². The van der Waals surface area contributed by atoms with Crippen LogP contribution in [0.5, 0.6) is 0 Å². The van der Waals surface area contributed by atoms with E-state index in [1.165, 1.54) is 4.90 Å². The van der Waals surface area contributed by atoms with E-state index in [1.54, 1.807) is 7.05 Å². The van der Waals surface area contributed by atoms with Crippen LogP contribution in [0.1, 0.15) is 19.4 Å². The van der Waals surface area contributed by atoms with Crippen molar-refractivity contribution < 1.29 is 4.79 Å². The zero-order valence-corrected chi connectivity index (χ0v) is 11.2. The fraction of sp³-hybridized carbons (Fsp3) is 0.385. The lowest BCUT2D eigenvalue weighted by atomic mass is 9.77. The maximum absolute atomic E-state index is 12.2. The Labute approximate surface area is 108 Å². The minimum Gasteiger partial charge on any atom is -0.346 e. The second kappa shape index (κ2) is 4.16. The Balaban J connectivity index is 2.47. The van der Waals surface area contributed by atoms with Gasteiger partial charge in [0.2, 0.25) is 5.91 Å². The molecule has 2 rings (SSSR count). The number of hydrogen-bond acceptors (Lipinski definition) is 2. The number of rotatable bonds is 1. The highest BCUT2D eigenvalue weighted by molar-refractivity contribution is 6.32. The molecule has 1 heterocycles. The summed E-state index contributed by atoms with van der Waals surface area (Å²) in [6.45, 7) is 3.88. The normalized spacial score (nSPS) is 28.2. The van der Waals surface area contributed by atoms with Gasteiger partial charge in [-0.05, 0) is 12.5 Å². The Kier molecular flexibility index (Phi) is 2.93. The van der Waals surface area contributed by atoms with Gasteiger partial charge in [-0.25, -0.2) is 0 Å². The first-order valence-electron chi connectivity index (χ1n) is 6.07. The molecule has 1 amide bonds. The molecule has 1 aliphatic rings. The summed E-state index contributed by atoms with van der Waals surface area (Å²) in [6.07, 6.45) is 0. The molecule has 0 saturated carbocycles. The first-order chi connectivity index (χ1) is 8.36. The smallest absolute Gasteiger partial charge is 0.234 e. The highest BCUT2D eigenvalue weighted by Crippen LogP contribution is 2.32. The monoisotopic (exact) mass is 243 g/mol. The van der Waals surface area contributed by atoms with Crippen molar-refractivity contribution in [3.8, 4) is 0 Å². The zero-order valence-electron chi connectivity index (χ0n) is 11.2. The molecule has 1 aromatic carbocycles. The maximum atomic E-state index is 12.2. The van der Waals surface area contributed by atoms with E-state index in [0.29, 0.717) is 0 Å². The lowest BCUT2D eigenvalue weighted by molar-refractivity contribution is -0.134. The molecule has 1 saturated heterocycles. The van der Waals surface area contributed by atoms with Crippen LogP contribution in [0, 0.1) is 11.3 Å². The van der Waals surface area contributed by atoms with Gasteiger partial charge in [0.1, 0.15) is 7.85 Å². The lowest BCUT2D eigenvalue weighted by Gasteiger charge is -2.44. The Bertz CT molecular complexity index is 517. The van der Waals surface area contributed by atoms with Crippen LogP contribution in [0.4, 0.5) is 0 Å². The SMILES string of the molecule is Bc1cccc([C@@]2(C)NC(=N)N(C)C(=O)[C@@H]2C)c1. The number of hydrogen-bond donors (Lipinski definition) is 2. The molecule has 0 unspecified atom stereocenters. The van der Waals surface area contributed by atoms with Crippen molar-refractivity contribution in [3.05, 3.63) is 29.8 Å². The van der Waals surface area contributed by atoms with Gasteiger partial charge in [-0.2, -0.15) is 0 Å². The summed E-state index contributed by atoms with van der Waals surface area (Å²) in [5.74, 6) is -0.0803. The van der Waals surface area contributed by atoms with E-state index in [1.807, 2.05) is 39.9 Å². The standard InChI is InChI=1S/C13H18BN3O/c1-8-11(18)17(3)12(15)16-13(8,2)9-5-4-6-10(14)7-9/h4-8H,14H2,1-3H3,(H2,15,16)/t8-,13-/m0/s1. The van der Waals surface area contributed by atoms with Crippen molar-refractivity contribution in [3.63, 3.8) is 0 Å². The zero-order chi connectivity index (χ0) is 13.5. The van der Waals surface area contributed by atoms with Gasteiger partial charge in [-0.3, -0.25) is 15.1 Å². The molecule has 1 fully saturated rings. The van der Waals surface area contributed by atoms with E-state index in [4.69, 9.17) is 5.41 Å². The summed E-state index contributed by atoms with van der Waals surface area (Å²) in [6, 6.07) is 8.08. The summed E-state index contributed by atoms with van der Waals surface area (Å²) in [7, 11) is 3.66. The molecule has 0 spiro atoms. The van der Waals surface area contributed by atoms with Crippen LogP contribution in [0.3, 0.4) is 0 Å². The summed E-state index contributed by atoms with van der Waals surface area (Å²) in [4.78, 5) is 13.5. The number of benzene rings is 1. The average molecular weight is 243 g/mol. The average Bonchev–Trinajstić information content (AvgIpc) is 2.34. The van der Waals surface area contributed by atoms with Crippen LogP contribution in [0.15, 0.2) is 24.3 Å². The van der Waals surface area contributed by atoms with Gasteiger partial charge in [0.25, 0.3) is 0 Å². The maximum Gasteiger partial charge on any atom is 0.234 e. The van der Waals surface area contributed by atoms with Gasteiger partial charge < -0.3 is 5.32 Å². The summed E-state index contributed by atoms with van der Waals surface area (Å²) in [5, 5.41) is 11.0. The summed E-state index contributed by atoms with van der Waals surface area (Å²) >= 11 is 0. The van der Waals surface area contributed by atoms with E-state index < -0.39 is 5.54 Å². The Morgan fingerprint density at radius 1 is 1.50 bits per heavy atom. The second-order valence-corrected chi connectivity index (χ2v) is 5.16. The van der Waals surface area contributed by atoms with Crippen LogP contribution in [-0.2, 0) is 10.3 Å². The Morgan fingerprint density at radius 2 is 2.17 bits per heavy atom. The van der Waals surface area contributed by atoms with E-state index in [0.717, 1.165) is 11.0 Å². The topological polar surface area (TPSA) is 56.2 Å². The van der Waals surface area contributed by atoms with Gasteiger partial charge in [0.15, 0.2) is 5.96 Å². The second-order valence-electron chi connectivity index (χ2n) is 5.16. The van der Waals surface area contributed by atoms with E-state index >= 15 is 0 Å². The van der Waals surface area contributed by atoms with Crippen molar-refractivity contribution in [1.29, 1.82) is 5.41 Å². The predicted octanol–water partition coefficient (Wildman–Crippen LogP) is -0.207. The van der Waals surface area contributed by atoms with Crippen molar-refractivity contribution >= 4 is 25.2 Å². The molecule has 94 valence electrons. The number of nitrogens with zero attached hydrogens (tertiary/aromatic N) is 1. The Morgan fingerprint density at radius 3 is 2.78 bits per heavy atom. The first kappa shape index (κ1) is 12.7. The molecule has 0 bridgehead atoms. The quantitative estimate of drug-likeness (QED) is 0.671. The molecule has 0 aromatic heterocycles. The molecule has 18 heavy (non-hydrogen) atoms. The van der Waals surface area contributed by atoms with Crippen molar-refractivity contribution in [1.82, 2.24) is 10.2 Å². The molecule has 1 aromatic rings. The highest BCUT2D eigenvalue weighted by Gasteiger charge is 2.44. The molecule has 5 heteroatoms. The predicted molar refractivity (Wildman–Crippen MR) is 74.8 cm³/mol. The van der Waals surface area contributed by atoms with Crippen molar-refractivity contribution in [2.24, 2.45) is 5.92 Å². The van der Waals surface area contributed by atoms with Gasteiger partial charge in [-0.15, -0.1) is 0 Å². The van der Waals surface area contributed by atoms with E-state index in [-0.39, 0.29) is 17.8 Å². The van der Waals surface area contributed by atoms with Crippen LogP contribution in [0.25, 0.3) is 0 Å². The summed E-state index contributed by atoms with van der Waals surface area (Å²) in [5.41, 5.74) is 1.68. The third kappa shape index (κ3) is 1.80. The van der Waals surface area contributed by atoms with Gasteiger partial charge in [0, 0.05) is 7.05 Å². The number of carbonyl (C=O) groups is 1.